The Bertz CT molecular complexity index is 338. The molecule has 0 bridgehead atoms. The van der Waals surface area contributed by atoms with Gasteiger partial charge in [0.2, 0.25) is 0 Å². The summed E-state index contributed by atoms with van der Waals surface area (Å²) >= 11 is 5.60. The first-order chi connectivity index (χ1) is 6.24. The molecule has 0 spiro atoms. The van der Waals surface area contributed by atoms with Crippen molar-refractivity contribution in [2.45, 2.75) is 6.42 Å². The number of carbonyl (C=O) groups excluding carboxylic acids is 1. The van der Waals surface area contributed by atoms with Crippen LogP contribution in [0.3, 0.4) is 0 Å². The Labute approximate surface area is 80.4 Å². The summed E-state index contributed by atoms with van der Waals surface area (Å²) in [6.45, 7) is 0. The number of nitrogens with zero attached hydrogens (tertiary/aromatic N) is 2. The van der Waals surface area contributed by atoms with E-state index >= 15 is 0 Å². The van der Waals surface area contributed by atoms with Crippen LogP contribution in [0.15, 0.2) is 12.1 Å². The topological polar surface area (TPSA) is 68.9 Å². The molecule has 0 saturated carbocycles. The van der Waals surface area contributed by atoms with E-state index in [1.54, 1.807) is 18.2 Å². The number of rotatable bonds is 3. The molecule has 1 rings (SSSR count). The molecule has 1 aromatic heterocycles. The molecule has 0 atom stereocenters. The summed E-state index contributed by atoms with van der Waals surface area (Å²) in [6.07, 6.45) is 4.50. The summed E-state index contributed by atoms with van der Waals surface area (Å²) in [5.74, 6) is 0.298. The standard InChI is InChI=1S/C8H8ClN3O/c9-7-5-6(3-1-2-4-13)8(10)12-11-7/h1,3-5H,2H2,(H2,10,12). The van der Waals surface area contributed by atoms with Gasteiger partial charge in [-0.05, 0) is 6.07 Å². The van der Waals surface area contributed by atoms with Crippen LogP contribution in [0.2, 0.25) is 5.15 Å². The molecule has 0 aliphatic carbocycles. The normalized spacial score (nSPS) is 10.5. The van der Waals surface area contributed by atoms with E-state index in [0.29, 0.717) is 17.8 Å². The Morgan fingerprint density at radius 1 is 1.54 bits per heavy atom. The molecular formula is C8H8ClN3O. The molecule has 0 unspecified atom stereocenters. The highest BCUT2D eigenvalue weighted by molar-refractivity contribution is 6.29. The van der Waals surface area contributed by atoms with Gasteiger partial charge in [-0.25, -0.2) is 0 Å². The average molecular weight is 198 g/mol. The Balaban J connectivity index is 2.86. The second-order valence-corrected chi connectivity index (χ2v) is 2.70. The number of anilines is 1. The van der Waals surface area contributed by atoms with Gasteiger partial charge in [0, 0.05) is 12.0 Å². The molecule has 0 aliphatic rings. The summed E-state index contributed by atoms with van der Waals surface area (Å²) in [7, 11) is 0. The quantitative estimate of drug-likeness (QED) is 0.742. The van der Waals surface area contributed by atoms with Crippen LogP contribution in [-0.2, 0) is 4.79 Å². The van der Waals surface area contributed by atoms with Gasteiger partial charge in [-0.2, -0.15) is 0 Å². The van der Waals surface area contributed by atoms with Crippen LogP contribution in [0.4, 0.5) is 5.82 Å². The Morgan fingerprint density at radius 3 is 3.00 bits per heavy atom. The van der Waals surface area contributed by atoms with E-state index in [-0.39, 0.29) is 5.15 Å². The molecule has 0 aliphatic heterocycles. The third kappa shape index (κ3) is 2.83. The van der Waals surface area contributed by atoms with Gasteiger partial charge in [0.1, 0.15) is 6.29 Å². The maximum atomic E-state index is 10.0. The third-order valence-corrected chi connectivity index (χ3v) is 1.54. The molecular weight excluding hydrogens is 190 g/mol. The monoisotopic (exact) mass is 197 g/mol. The molecule has 68 valence electrons. The molecule has 5 heteroatoms. The highest BCUT2D eigenvalue weighted by Crippen LogP contribution is 2.13. The molecule has 2 N–H and O–H groups in total. The lowest BCUT2D eigenvalue weighted by Crippen LogP contribution is -1.96. The Hall–Kier alpha value is -1.42. The first-order valence-electron chi connectivity index (χ1n) is 3.63. The largest absolute Gasteiger partial charge is 0.382 e. The summed E-state index contributed by atoms with van der Waals surface area (Å²) in [6, 6.07) is 1.59. The second-order valence-electron chi connectivity index (χ2n) is 2.31. The predicted octanol–water partition coefficient (Wildman–Crippen LogP) is 1.31. The van der Waals surface area contributed by atoms with E-state index in [4.69, 9.17) is 17.3 Å². The number of carbonyl (C=O) groups is 1. The lowest BCUT2D eigenvalue weighted by molar-refractivity contribution is -0.107. The number of aldehydes is 1. The van der Waals surface area contributed by atoms with Crippen LogP contribution >= 0.6 is 11.6 Å². The van der Waals surface area contributed by atoms with Crippen LogP contribution in [0, 0.1) is 0 Å². The fourth-order valence-electron chi connectivity index (χ4n) is 0.775. The molecule has 1 aromatic rings. The maximum absolute atomic E-state index is 10.0. The van der Waals surface area contributed by atoms with E-state index in [1.165, 1.54) is 0 Å². The van der Waals surface area contributed by atoms with E-state index in [2.05, 4.69) is 10.2 Å². The number of nitrogen functional groups attached to an aromatic ring is 1. The molecule has 13 heavy (non-hydrogen) atoms. The van der Waals surface area contributed by atoms with Crippen molar-refractivity contribution in [1.82, 2.24) is 10.2 Å². The van der Waals surface area contributed by atoms with Crippen molar-refractivity contribution in [2.75, 3.05) is 5.73 Å². The number of aromatic nitrogens is 2. The number of hydrogen-bond acceptors (Lipinski definition) is 4. The average Bonchev–Trinajstić information content (AvgIpc) is 2.11. The molecule has 0 saturated heterocycles. The highest BCUT2D eigenvalue weighted by Gasteiger charge is 1.98. The van der Waals surface area contributed by atoms with Gasteiger partial charge < -0.3 is 10.5 Å². The first kappa shape index (κ1) is 9.67. The van der Waals surface area contributed by atoms with Crippen molar-refractivity contribution >= 4 is 29.8 Å². The van der Waals surface area contributed by atoms with Crippen LogP contribution in [0.1, 0.15) is 12.0 Å². The minimum Gasteiger partial charge on any atom is -0.382 e. The van der Waals surface area contributed by atoms with Crippen molar-refractivity contribution < 1.29 is 4.79 Å². The van der Waals surface area contributed by atoms with Crippen molar-refractivity contribution in [1.29, 1.82) is 0 Å². The fraction of sp³-hybridized carbons (Fsp3) is 0.125. The molecule has 4 nitrogen and oxygen atoms in total. The van der Waals surface area contributed by atoms with Crippen LogP contribution in [-0.4, -0.2) is 16.5 Å². The molecule has 0 amide bonds. The van der Waals surface area contributed by atoms with Gasteiger partial charge in [-0.3, -0.25) is 0 Å². The smallest absolute Gasteiger partial charge is 0.153 e. The van der Waals surface area contributed by atoms with E-state index in [1.807, 2.05) is 0 Å². The summed E-state index contributed by atoms with van der Waals surface area (Å²) < 4.78 is 0. The molecule has 1 heterocycles. The minimum atomic E-state index is 0.278. The predicted molar refractivity (Wildman–Crippen MR) is 51.2 cm³/mol. The number of nitrogens with two attached hydrogens (primary N) is 1. The minimum absolute atomic E-state index is 0.278. The summed E-state index contributed by atoms with van der Waals surface area (Å²) in [5, 5.41) is 7.45. The maximum Gasteiger partial charge on any atom is 0.153 e. The highest BCUT2D eigenvalue weighted by atomic mass is 35.5. The Kier molecular flexibility index (Phi) is 3.40. The van der Waals surface area contributed by atoms with E-state index in [0.717, 1.165) is 6.29 Å². The lowest BCUT2D eigenvalue weighted by atomic mass is 10.2. The van der Waals surface area contributed by atoms with Crippen molar-refractivity contribution in [3.63, 3.8) is 0 Å². The van der Waals surface area contributed by atoms with E-state index < -0.39 is 0 Å². The summed E-state index contributed by atoms with van der Waals surface area (Å²) in [5.41, 5.74) is 6.17. The second kappa shape index (κ2) is 4.57. The summed E-state index contributed by atoms with van der Waals surface area (Å²) in [4.78, 5) is 10.0. The number of halogens is 1. The van der Waals surface area contributed by atoms with Gasteiger partial charge in [0.15, 0.2) is 11.0 Å². The number of hydrogen-bond donors (Lipinski definition) is 1. The van der Waals surface area contributed by atoms with Crippen LogP contribution in [0.5, 0.6) is 0 Å². The van der Waals surface area contributed by atoms with Gasteiger partial charge in [-0.15, -0.1) is 10.2 Å². The van der Waals surface area contributed by atoms with E-state index in [9.17, 15) is 4.79 Å². The fourth-order valence-corrected chi connectivity index (χ4v) is 0.930. The van der Waals surface area contributed by atoms with Gasteiger partial charge in [-0.1, -0.05) is 23.8 Å². The van der Waals surface area contributed by atoms with Crippen molar-refractivity contribution in [3.05, 3.63) is 22.9 Å². The first-order valence-corrected chi connectivity index (χ1v) is 4.00. The van der Waals surface area contributed by atoms with Crippen LogP contribution < -0.4 is 5.73 Å². The zero-order chi connectivity index (χ0) is 9.68. The zero-order valence-corrected chi connectivity index (χ0v) is 7.53. The van der Waals surface area contributed by atoms with Gasteiger partial charge in [0.05, 0.1) is 0 Å². The lowest BCUT2D eigenvalue weighted by Gasteiger charge is -1.96. The third-order valence-electron chi connectivity index (χ3n) is 1.35. The van der Waals surface area contributed by atoms with Gasteiger partial charge >= 0.3 is 0 Å². The van der Waals surface area contributed by atoms with Crippen molar-refractivity contribution in [3.8, 4) is 0 Å². The molecule has 0 radical (unpaired) electrons. The molecule has 0 fully saturated rings. The zero-order valence-electron chi connectivity index (χ0n) is 6.77. The number of allylic oxidation sites excluding steroid dienone is 1. The van der Waals surface area contributed by atoms with Gasteiger partial charge in [0.25, 0.3) is 0 Å². The SMILES string of the molecule is Nc1nnc(Cl)cc1C=CCC=O. The van der Waals surface area contributed by atoms with Crippen LogP contribution in [0.25, 0.3) is 6.08 Å². The molecule has 0 aromatic carbocycles. The van der Waals surface area contributed by atoms with Crippen molar-refractivity contribution in [2.24, 2.45) is 0 Å². The Morgan fingerprint density at radius 2 is 2.31 bits per heavy atom.